The van der Waals surface area contributed by atoms with Gasteiger partial charge in [-0.15, -0.1) is 0 Å². The van der Waals surface area contributed by atoms with Gasteiger partial charge in [-0.05, 0) is 36.6 Å². The highest BCUT2D eigenvalue weighted by Crippen LogP contribution is 2.29. The fourth-order valence-corrected chi connectivity index (χ4v) is 4.59. The van der Waals surface area contributed by atoms with Gasteiger partial charge < -0.3 is 13.7 Å². The summed E-state index contributed by atoms with van der Waals surface area (Å²) in [5, 5.41) is 1.83. The highest BCUT2D eigenvalue weighted by molar-refractivity contribution is 5.96. The Hall–Kier alpha value is -3.64. The van der Waals surface area contributed by atoms with Crippen LogP contribution in [0.5, 0.6) is 0 Å². The van der Waals surface area contributed by atoms with E-state index in [-0.39, 0.29) is 12.3 Å². The minimum absolute atomic E-state index is 0.0326. The van der Waals surface area contributed by atoms with Crippen molar-refractivity contribution in [3.8, 4) is 0 Å². The fraction of sp³-hybridized carbons (Fsp3) is 0.286. The Labute approximate surface area is 198 Å². The van der Waals surface area contributed by atoms with Gasteiger partial charge in [-0.3, -0.25) is 9.69 Å². The Morgan fingerprint density at radius 1 is 1.00 bits per heavy atom. The first-order chi connectivity index (χ1) is 16.5. The molecule has 2 aromatic carbocycles. The molecule has 1 aliphatic rings. The Kier molecular flexibility index (Phi) is 6.07. The van der Waals surface area contributed by atoms with Crippen LogP contribution >= 0.6 is 0 Å². The Bertz CT molecular complexity index is 1420. The smallest absolute Gasteiger partial charge is 0.340 e. The molecule has 2 aromatic heterocycles. The van der Waals surface area contributed by atoms with Gasteiger partial charge in [0, 0.05) is 49.6 Å². The number of carbonyl (C=O) groups excluding carboxylic acids is 1. The number of furan rings is 1. The van der Waals surface area contributed by atoms with Gasteiger partial charge in [0.2, 0.25) is 5.91 Å². The van der Waals surface area contributed by atoms with Crippen LogP contribution in [-0.4, -0.2) is 48.4 Å². The van der Waals surface area contributed by atoms with Gasteiger partial charge in [-0.25, -0.2) is 4.79 Å². The minimum atomic E-state index is -0.453. The average Bonchev–Trinajstić information content (AvgIpc) is 3.21. The molecule has 34 heavy (non-hydrogen) atoms. The summed E-state index contributed by atoms with van der Waals surface area (Å²) < 4.78 is 11.1. The van der Waals surface area contributed by atoms with Gasteiger partial charge in [0.15, 0.2) is 0 Å². The molecule has 174 valence electrons. The summed E-state index contributed by atoms with van der Waals surface area (Å²) in [5.74, 6) is -0.0326. The van der Waals surface area contributed by atoms with Crippen LogP contribution in [0.1, 0.15) is 22.3 Å². The van der Waals surface area contributed by atoms with E-state index >= 15 is 0 Å². The predicted octanol–water partition coefficient (Wildman–Crippen LogP) is 4.56. The number of rotatable bonds is 5. The highest BCUT2D eigenvalue weighted by Gasteiger charge is 2.23. The van der Waals surface area contributed by atoms with Gasteiger partial charge in [-0.1, -0.05) is 42.5 Å². The quantitative estimate of drug-likeness (QED) is 0.412. The van der Waals surface area contributed by atoms with Crippen LogP contribution in [0.2, 0.25) is 0 Å². The number of carbonyl (C=O) groups is 1. The van der Waals surface area contributed by atoms with E-state index in [0.717, 1.165) is 41.5 Å². The third-order valence-corrected chi connectivity index (χ3v) is 6.70. The van der Waals surface area contributed by atoms with E-state index in [2.05, 4.69) is 29.2 Å². The van der Waals surface area contributed by atoms with Crippen LogP contribution in [0.4, 0.5) is 0 Å². The first-order valence-electron chi connectivity index (χ1n) is 11.7. The van der Waals surface area contributed by atoms with E-state index in [1.54, 1.807) is 12.3 Å². The molecular formula is C28H28N2O4. The molecule has 1 saturated heterocycles. The molecule has 0 radical (unpaired) electrons. The van der Waals surface area contributed by atoms with Crippen molar-refractivity contribution in [2.24, 2.45) is 0 Å². The van der Waals surface area contributed by atoms with Crippen molar-refractivity contribution in [3.63, 3.8) is 0 Å². The summed E-state index contributed by atoms with van der Waals surface area (Å²) in [5.41, 5.74) is 4.16. The Morgan fingerprint density at radius 2 is 1.76 bits per heavy atom. The van der Waals surface area contributed by atoms with Gasteiger partial charge in [0.05, 0.1) is 18.2 Å². The van der Waals surface area contributed by atoms with E-state index in [9.17, 15) is 9.59 Å². The average molecular weight is 457 g/mol. The minimum Gasteiger partial charge on any atom is -0.464 e. The van der Waals surface area contributed by atoms with Crippen molar-refractivity contribution in [2.75, 3.05) is 32.7 Å². The van der Waals surface area contributed by atoms with Gasteiger partial charge in [0.25, 0.3) is 0 Å². The summed E-state index contributed by atoms with van der Waals surface area (Å²) in [4.78, 5) is 29.9. The lowest BCUT2D eigenvalue weighted by atomic mass is 10.0. The molecule has 0 N–H and O–H groups in total. The highest BCUT2D eigenvalue weighted by atomic mass is 16.4. The zero-order chi connectivity index (χ0) is 23.7. The van der Waals surface area contributed by atoms with Gasteiger partial charge in [0.1, 0.15) is 11.2 Å². The molecule has 0 spiro atoms. The van der Waals surface area contributed by atoms with E-state index in [0.29, 0.717) is 29.8 Å². The number of hydrogen-bond donors (Lipinski definition) is 0. The largest absolute Gasteiger partial charge is 0.464 e. The fourth-order valence-electron chi connectivity index (χ4n) is 4.59. The third-order valence-electron chi connectivity index (χ3n) is 6.70. The number of benzene rings is 2. The number of hydrogen-bond acceptors (Lipinski definition) is 5. The molecule has 0 unspecified atom stereocenters. The molecular weight excluding hydrogens is 428 g/mol. The zero-order valence-electron chi connectivity index (χ0n) is 19.5. The maximum Gasteiger partial charge on any atom is 0.340 e. The van der Waals surface area contributed by atoms with Crippen molar-refractivity contribution < 1.29 is 13.6 Å². The second-order valence-electron chi connectivity index (χ2n) is 8.93. The summed E-state index contributed by atoms with van der Waals surface area (Å²) >= 11 is 0. The molecule has 0 aliphatic carbocycles. The third kappa shape index (κ3) is 4.41. The summed E-state index contributed by atoms with van der Waals surface area (Å²) in [7, 11) is 0. The van der Waals surface area contributed by atoms with Crippen LogP contribution in [0.15, 0.2) is 68.4 Å². The molecule has 5 rings (SSSR count). The Morgan fingerprint density at radius 3 is 2.53 bits per heavy atom. The molecule has 0 saturated carbocycles. The van der Waals surface area contributed by atoms with Crippen LogP contribution in [-0.2, 0) is 11.2 Å². The first-order valence-corrected chi connectivity index (χ1v) is 11.7. The number of amides is 1. The molecule has 1 amide bonds. The summed E-state index contributed by atoms with van der Waals surface area (Å²) in [6.45, 7) is 7.66. The second kappa shape index (κ2) is 9.31. The molecule has 0 atom stereocenters. The Balaban J connectivity index is 1.25. The van der Waals surface area contributed by atoms with E-state index in [1.807, 2.05) is 43.0 Å². The van der Waals surface area contributed by atoms with Crippen molar-refractivity contribution in [3.05, 3.63) is 87.5 Å². The van der Waals surface area contributed by atoms with Gasteiger partial charge >= 0.3 is 5.63 Å². The van der Waals surface area contributed by atoms with Crippen molar-refractivity contribution >= 4 is 33.9 Å². The maximum absolute atomic E-state index is 13.0. The van der Waals surface area contributed by atoms with Crippen molar-refractivity contribution in [1.82, 2.24) is 9.80 Å². The maximum atomic E-state index is 13.0. The molecule has 1 fully saturated rings. The molecule has 0 bridgehead atoms. The van der Waals surface area contributed by atoms with E-state index in [4.69, 9.17) is 8.83 Å². The zero-order valence-corrected chi connectivity index (χ0v) is 19.5. The van der Waals surface area contributed by atoms with Gasteiger partial charge in [-0.2, -0.15) is 0 Å². The number of fused-ring (bicyclic) bond motifs is 2. The first kappa shape index (κ1) is 22.2. The standard InChI is InChI=1S/C28H28N2O4/c1-19-18-33-25-17-26-23(15-22(19)25)20(2)24(28(32)34-26)16-27(31)30-13-11-29(12-14-30)10-6-9-21-7-4-3-5-8-21/h3-9,15,17-18H,10-14,16H2,1-2H3. The van der Waals surface area contributed by atoms with Crippen LogP contribution in [0.25, 0.3) is 28.0 Å². The lowest BCUT2D eigenvalue weighted by molar-refractivity contribution is -0.132. The summed E-state index contributed by atoms with van der Waals surface area (Å²) in [6.07, 6.45) is 6.03. The molecule has 4 aromatic rings. The van der Waals surface area contributed by atoms with Crippen LogP contribution < -0.4 is 5.63 Å². The number of nitrogens with zero attached hydrogens (tertiary/aromatic N) is 2. The lowest BCUT2D eigenvalue weighted by Gasteiger charge is -2.34. The molecule has 6 nitrogen and oxygen atoms in total. The normalized spacial score (nSPS) is 15.1. The monoisotopic (exact) mass is 456 g/mol. The van der Waals surface area contributed by atoms with Crippen LogP contribution in [0, 0.1) is 13.8 Å². The second-order valence-corrected chi connectivity index (χ2v) is 8.93. The molecule has 3 heterocycles. The lowest BCUT2D eigenvalue weighted by Crippen LogP contribution is -2.49. The number of piperazine rings is 1. The van der Waals surface area contributed by atoms with E-state index in [1.165, 1.54) is 5.56 Å². The van der Waals surface area contributed by atoms with E-state index < -0.39 is 5.63 Å². The van der Waals surface area contributed by atoms with Crippen LogP contribution in [0.3, 0.4) is 0 Å². The topological polar surface area (TPSA) is 66.9 Å². The molecule has 6 heteroatoms. The van der Waals surface area contributed by atoms with Crippen molar-refractivity contribution in [1.29, 1.82) is 0 Å². The summed E-state index contributed by atoms with van der Waals surface area (Å²) in [6, 6.07) is 14.0. The van der Waals surface area contributed by atoms with Crippen molar-refractivity contribution in [2.45, 2.75) is 20.3 Å². The molecule has 1 aliphatic heterocycles. The predicted molar refractivity (Wildman–Crippen MR) is 134 cm³/mol. The number of aryl methyl sites for hydroxylation is 2. The SMILES string of the molecule is Cc1coc2cc3oc(=O)c(CC(=O)N4CCN(CC=Cc5ccccc5)CC4)c(C)c3cc12.